The van der Waals surface area contributed by atoms with E-state index in [9.17, 15) is 13.6 Å². The van der Waals surface area contributed by atoms with Gasteiger partial charge < -0.3 is 25.1 Å². The van der Waals surface area contributed by atoms with Gasteiger partial charge in [0.15, 0.2) is 0 Å². The molecule has 8 nitrogen and oxygen atoms in total. The zero-order valence-electron chi connectivity index (χ0n) is 19.4. The lowest BCUT2D eigenvalue weighted by Gasteiger charge is -2.28. The van der Waals surface area contributed by atoms with Gasteiger partial charge >= 0.3 is 5.97 Å². The van der Waals surface area contributed by atoms with Gasteiger partial charge in [0.2, 0.25) is 0 Å². The molecule has 3 aromatic rings. The van der Waals surface area contributed by atoms with Gasteiger partial charge in [-0.05, 0) is 55.8 Å². The van der Waals surface area contributed by atoms with Crippen LogP contribution in [0, 0.1) is 6.92 Å². The fourth-order valence-corrected chi connectivity index (χ4v) is 3.92. The first kappa shape index (κ1) is 25.1. The summed E-state index contributed by atoms with van der Waals surface area (Å²) in [5.74, 6) is 0.163. The maximum atomic E-state index is 12.6. The van der Waals surface area contributed by atoms with Crippen LogP contribution in [0.15, 0.2) is 60.7 Å². The number of nitrogens with zero attached hydrogens (tertiary/aromatic N) is 1. The van der Waals surface area contributed by atoms with Crippen LogP contribution in [0.1, 0.15) is 35.7 Å². The Morgan fingerprint density at radius 3 is 2.41 bits per heavy atom. The Morgan fingerprint density at radius 1 is 1.09 bits per heavy atom. The molecule has 1 atom stereocenters. The summed E-state index contributed by atoms with van der Waals surface area (Å²) in [6, 6.07) is 16.7. The molecule has 0 radical (unpaired) electrons. The number of rotatable bonds is 10. The molecule has 0 fully saturated rings. The number of ether oxygens (including phenoxy) is 2. The van der Waals surface area contributed by atoms with Crippen molar-refractivity contribution in [3.05, 3.63) is 71.8 Å². The maximum absolute atomic E-state index is 12.6. The molecule has 180 valence electrons. The van der Waals surface area contributed by atoms with Crippen LogP contribution in [0.3, 0.4) is 0 Å². The highest BCUT2D eigenvalue weighted by Gasteiger charge is 2.21. The summed E-state index contributed by atoms with van der Waals surface area (Å²) in [5.41, 5.74) is 8.96. The van der Waals surface area contributed by atoms with Crippen molar-refractivity contribution in [3.8, 4) is 11.5 Å². The Balaban J connectivity index is 1.96. The number of benzene rings is 3. The van der Waals surface area contributed by atoms with E-state index >= 15 is 0 Å². The summed E-state index contributed by atoms with van der Waals surface area (Å²) >= 11 is -2.68. The van der Waals surface area contributed by atoms with Crippen molar-refractivity contribution in [3.63, 3.8) is 0 Å². The molecule has 0 aliphatic carbocycles. The summed E-state index contributed by atoms with van der Waals surface area (Å²) in [6.07, 6.45) is 2.06. The number of carbonyl (C=O) groups is 1. The first-order chi connectivity index (χ1) is 16.3. The number of unbranched alkanes of at least 4 members (excludes halogenated alkanes) is 1. The fourth-order valence-electron chi connectivity index (χ4n) is 3.30. The van der Waals surface area contributed by atoms with Crippen LogP contribution < -0.4 is 20.1 Å². The first-order valence-corrected chi connectivity index (χ1v) is 11.9. The predicted molar refractivity (Wildman–Crippen MR) is 134 cm³/mol. The van der Waals surface area contributed by atoms with E-state index in [4.69, 9.17) is 15.2 Å². The molecule has 0 heterocycles. The highest BCUT2D eigenvalue weighted by Crippen LogP contribution is 2.35. The van der Waals surface area contributed by atoms with Crippen molar-refractivity contribution in [1.29, 1.82) is 0 Å². The largest absolute Gasteiger partial charge is 0.755 e. The van der Waals surface area contributed by atoms with Crippen LogP contribution in [-0.4, -0.2) is 28.4 Å². The van der Waals surface area contributed by atoms with E-state index < -0.39 is 17.2 Å². The maximum Gasteiger partial charge on any atom is 0.340 e. The number of hydrogen-bond acceptors (Lipinski definition) is 7. The summed E-state index contributed by atoms with van der Waals surface area (Å²) in [6.45, 7) is 4.79. The molecule has 0 saturated carbocycles. The normalized spacial score (nSPS) is 11.5. The molecule has 34 heavy (non-hydrogen) atoms. The lowest BCUT2D eigenvalue weighted by molar-refractivity contribution is 0.0601. The van der Waals surface area contributed by atoms with Crippen LogP contribution in [0.25, 0.3) is 0 Å². The highest BCUT2D eigenvalue weighted by molar-refractivity contribution is 7.81. The lowest BCUT2D eigenvalue weighted by Crippen LogP contribution is -2.22. The Bertz CT molecular complexity index is 1170. The molecular formula is C25H28N3O5S-. The van der Waals surface area contributed by atoms with Crippen molar-refractivity contribution in [1.82, 2.24) is 0 Å². The predicted octanol–water partition coefficient (Wildman–Crippen LogP) is 5.30. The quantitative estimate of drug-likeness (QED) is 0.174. The zero-order valence-corrected chi connectivity index (χ0v) is 20.2. The summed E-state index contributed by atoms with van der Waals surface area (Å²) in [7, 11) is 1.23. The smallest absolute Gasteiger partial charge is 0.340 e. The second-order valence-electron chi connectivity index (χ2n) is 7.65. The third-order valence-electron chi connectivity index (χ3n) is 5.12. The number of nitrogen functional groups attached to an aromatic ring is 1. The minimum atomic E-state index is -2.68. The van der Waals surface area contributed by atoms with Crippen molar-refractivity contribution in [2.24, 2.45) is 0 Å². The van der Waals surface area contributed by atoms with Crippen LogP contribution in [-0.2, 0) is 16.0 Å². The molecule has 3 N–H and O–H groups in total. The van der Waals surface area contributed by atoms with Gasteiger partial charge in [-0.25, -0.2) is 4.79 Å². The molecule has 0 aromatic heterocycles. The van der Waals surface area contributed by atoms with Gasteiger partial charge in [-0.15, -0.1) is 0 Å². The second-order valence-corrected chi connectivity index (χ2v) is 8.45. The van der Waals surface area contributed by atoms with Crippen molar-refractivity contribution in [2.45, 2.75) is 26.7 Å². The number of esters is 1. The van der Waals surface area contributed by atoms with Gasteiger partial charge in [0.05, 0.1) is 46.7 Å². The fraction of sp³-hybridized carbons (Fsp3) is 0.240. The van der Waals surface area contributed by atoms with Gasteiger partial charge in [0.1, 0.15) is 11.5 Å². The molecule has 0 spiro atoms. The van der Waals surface area contributed by atoms with Gasteiger partial charge in [0.25, 0.3) is 0 Å². The van der Waals surface area contributed by atoms with Crippen molar-refractivity contribution < 1.29 is 23.0 Å². The number of nitrogens with one attached hydrogen (secondary N) is 1. The number of nitrogens with two attached hydrogens (primary N) is 1. The van der Waals surface area contributed by atoms with Crippen LogP contribution in [0.4, 0.5) is 22.7 Å². The minimum Gasteiger partial charge on any atom is -0.755 e. The zero-order chi connectivity index (χ0) is 24.7. The molecule has 3 aromatic carbocycles. The van der Waals surface area contributed by atoms with Gasteiger partial charge in [0, 0.05) is 12.6 Å². The van der Waals surface area contributed by atoms with E-state index in [0.717, 1.165) is 34.9 Å². The third-order valence-corrected chi connectivity index (χ3v) is 5.82. The average Bonchev–Trinajstić information content (AvgIpc) is 2.82. The molecule has 0 aliphatic heterocycles. The molecule has 0 amide bonds. The van der Waals surface area contributed by atoms with E-state index in [-0.39, 0.29) is 11.3 Å². The molecule has 0 bridgehead atoms. The standard InChI is InChI=1S/C25H29N3O5S/c1-4-5-14-27-23-16-20(10-12-22(23)26)33-19-11-13-24(21(15-19)25(29)32-3)28(34(30)31)18-8-6-17(2)7-9-18/h6-13,15-16,27H,4-5,14,26H2,1-3H3,(H,30,31)/p-1. The molecule has 3 rings (SSSR count). The molecule has 0 aliphatic rings. The first-order valence-electron chi connectivity index (χ1n) is 10.8. The SMILES string of the molecule is CCCCNc1cc(Oc2ccc(N(c3ccc(C)cc3)S(=O)[O-])c(C(=O)OC)c2)ccc1N. The lowest BCUT2D eigenvalue weighted by atomic mass is 10.1. The number of hydrogen-bond donors (Lipinski definition) is 2. The highest BCUT2D eigenvalue weighted by atomic mass is 32.2. The van der Waals surface area contributed by atoms with Gasteiger partial charge in [-0.2, -0.15) is 0 Å². The van der Waals surface area contributed by atoms with Crippen LogP contribution >= 0.6 is 0 Å². The molecular weight excluding hydrogens is 454 g/mol. The van der Waals surface area contributed by atoms with E-state index in [1.54, 1.807) is 48.5 Å². The Hall–Kier alpha value is -3.56. The molecule has 9 heteroatoms. The Kier molecular flexibility index (Phi) is 8.50. The minimum absolute atomic E-state index is 0.0431. The van der Waals surface area contributed by atoms with E-state index in [1.165, 1.54) is 19.2 Å². The van der Waals surface area contributed by atoms with E-state index in [2.05, 4.69) is 12.2 Å². The Morgan fingerprint density at radius 2 is 1.76 bits per heavy atom. The topological polar surface area (TPSA) is 117 Å². The van der Waals surface area contributed by atoms with E-state index in [0.29, 0.717) is 22.9 Å². The number of aryl methyl sites for hydroxylation is 1. The average molecular weight is 483 g/mol. The Labute approximate surface area is 202 Å². The van der Waals surface area contributed by atoms with Crippen molar-refractivity contribution >= 4 is 40.0 Å². The van der Waals surface area contributed by atoms with Crippen LogP contribution in [0.2, 0.25) is 0 Å². The number of methoxy groups -OCH3 is 1. The summed E-state index contributed by atoms with van der Waals surface area (Å²) in [4.78, 5) is 12.6. The number of carbonyl (C=O) groups excluding carboxylic acids is 1. The monoisotopic (exact) mass is 482 g/mol. The molecule has 0 saturated heterocycles. The third kappa shape index (κ3) is 6.06. The van der Waals surface area contributed by atoms with Gasteiger partial charge in [-0.3, -0.25) is 8.51 Å². The van der Waals surface area contributed by atoms with E-state index in [1.807, 2.05) is 6.92 Å². The van der Waals surface area contributed by atoms with Crippen molar-refractivity contribution in [2.75, 3.05) is 29.0 Å². The second kappa shape index (κ2) is 11.5. The van der Waals surface area contributed by atoms with Crippen LogP contribution in [0.5, 0.6) is 11.5 Å². The summed E-state index contributed by atoms with van der Waals surface area (Å²) in [5, 5.41) is 3.28. The summed E-state index contributed by atoms with van der Waals surface area (Å²) < 4.78 is 36.2. The number of anilines is 4. The molecule has 1 unspecified atom stereocenters. The van der Waals surface area contributed by atoms with Gasteiger partial charge in [-0.1, -0.05) is 31.0 Å².